The Hall–Kier alpha value is -3.35. The SMILES string of the molecule is Cc1ccccc1-n1nccc1NC(=O)C(=O)NCc1ccn(C)c1. The molecule has 0 fully saturated rings. The quantitative estimate of drug-likeness (QED) is 0.712. The van der Waals surface area contributed by atoms with Crippen LogP contribution in [0.3, 0.4) is 0 Å². The molecule has 3 aromatic rings. The van der Waals surface area contributed by atoms with Gasteiger partial charge in [0.1, 0.15) is 5.82 Å². The molecule has 1 aromatic carbocycles. The van der Waals surface area contributed by atoms with E-state index < -0.39 is 11.8 Å². The van der Waals surface area contributed by atoms with Gasteiger partial charge in [0.2, 0.25) is 0 Å². The first kappa shape index (κ1) is 16.5. The van der Waals surface area contributed by atoms with Crippen molar-refractivity contribution in [2.75, 3.05) is 5.32 Å². The van der Waals surface area contributed by atoms with Crippen LogP contribution in [0.4, 0.5) is 5.82 Å². The molecule has 7 heteroatoms. The summed E-state index contributed by atoms with van der Waals surface area (Å²) in [6.07, 6.45) is 5.33. The monoisotopic (exact) mass is 337 g/mol. The van der Waals surface area contributed by atoms with Gasteiger partial charge in [-0.1, -0.05) is 18.2 Å². The number of rotatable bonds is 4. The number of hydrogen-bond donors (Lipinski definition) is 2. The number of anilines is 1. The molecule has 3 rings (SSSR count). The van der Waals surface area contributed by atoms with E-state index in [1.165, 1.54) is 0 Å². The zero-order chi connectivity index (χ0) is 17.8. The van der Waals surface area contributed by atoms with Gasteiger partial charge < -0.3 is 15.2 Å². The van der Waals surface area contributed by atoms with E-state index in [2.05, 4.69) is 15.7 Å². The number of carbonyl (C=O) groups is 2. The number of carbonyl (C=O) groups excluding carboxylic acids is 2. The molecule has 0 saturated heterocycles. The van der Waals surface area contributed by atoms with E-state index in [1.807, 2.05) is 61.3 Å². The lowest BCUT2D eigenvalue weighted by atomic mass is 10.2. The third kappa shape index (κ3) is 3.77. The first-order valence-electron chi connectivity index (χ1n) is 7.84. The summed E-state index contributed by atoms with van der Waals surface area (Å²) < 4.78 is 3.47. The average molecular weight is 337 g/mol. The van der Waals surface area contributed by atoms with Crippen LogP contribution in [0, 0.1) is 6.92 Å². The van der Waals surface area contributed by atoms with Crippen molar-refractivity contribution in [3.05, 3.63) is 66.1 Å². The molecule has 0 atom stereocenters. The fraction of sp³-hybridized carbons (Fsp3) is 0.167. The zero-order valence-electron chi connectivity index (χ0n) is 14.1. The molecule has 2 amide bonds. The van der Waals surface area contributed by atoms with Crippen LogP contribution in [-0.2, 0) is 23.2 Å². The van der Waals surface area contributed by atoms with Crippen LogP contribution in [0.1, 0.15) is 11.1 Å². The number of aryl methyl sites for hydroxylation is 2. The largest absolute Gasteiger partial charge is 0.357 e. The number of benzene rings is 1. The second-order valence-corrected chi connectivity index (χ2v) is 5.74. The number of aromatic nitrogens is 3. The molecule has 0 spiro atoms. The lowest BCUT2D eigenvalue weighted by Crippen LogP contribution is -2.35. The third-order valence-electron chi connectivity index (χ3n) is 3.78. The fourth-order valence-corrected chi connectivity index (χ4v) is 2.49. The van der Waals surface area contributed by atoms with Gasteiger partial charge in [-0.05, 0) is 30.2 Å². The van der Waals surface area contributed by atoms with E-state index in [-0.39, 0.29) is 0 Å². The predicted octanol–water partition coefficient (Wildman–Crippen LogP) is 1.77. The Bertz CT molecular complexity index is 910. The number of hydrogen-bond acceptors (Lipinski definition) is 3. The van der Waals surface area contributed by atoms with Crippen molar-refractivity contribution in [2.24, 2.45) is 7.05 Å². The van der Waals surface area contributed by atoms with Crippen molar-refractivity contribution in [1.29, 1.82) is 0 Å². The minimum atomic E-state index is -0.730. The van der Waals surface area contributed by atoms with Gasteiger partial charge in [-0.25, -0.2) is 4.68 Å². The van der Waals surface area contributed by atoms with Crippen LogP contribution in [0.5, 0.6) is 0 Å². The van der Waals surface area contributed by atoms with E-state index in [1.54, 1.807) is 16.9 Å². The minimum Gasteiger partial charge on any atom is -0.357 e. The molecular weight excluding hydrogens is 318 g/mol. The molecular formula is C18H19N5O2. The van der Waals surface area contributed by atoms with Gasteiger partial charge in [-0.2, -0.15) is 5.10 Å². The smallest absolute Gasteiger partial charge is 0.314 e. The van der Waals surface area contributed by atoms with E-state index in [4.69, 9.17) is 0 Å². The molecule has 0 aliphatic heterocycles. The van der Waals surface area contributed by atoms with Crippen molar-refractivity contribution in [2.45, 2.75) is 13.5 Å². The summed E-state index contributed by atoms with van der Waals surface area (Å²) in [6.45, 7) is 2.25. The maximum atomic E-state index is 12.1. The lowest BCUT2D eigenvalue weighted by molar-refractivity contribution is -0.136. The Labute approximate surface area is 145 Å². The van der Waals surface area contributed by atoms with Gasteiger partial charge in [0.25, 0.3) is 0 Å². The highest BCUT2D eigenvalue weighted by molar-refractivity contribution is 6.39. The Balaban J connectivity index is 1.66. The topological polar surface area (TPSA) is 80.9 Å². The first-order valence-corrected chi connectivity index (χ1v) is 7.84. The first-order chi connectivity index (χ1) is 12.0. The van der Waals surface area contributed by atoms with Crippen molar-refractivity contribution in [3.63, 3.8) is 0 Å². The maximum Gasteiger partial charge on any atom is 0.314 e. The van der Waals surface area contributed by atoms with Crippen molar-refractivity contribution < 1.29 is 9.59 Å². The van der Waals surface area contributed by atoms with Crippen molar-refractivity contribution >= 4 is 17.6 Å². The molecule has 0 aliphatic carbocycles. The van der Waals surface area contributed by atoms with Gasteiger partial charge >= 0.3 is 11.8 Å². The van der Waals surface area contributed by atoms with Crippen LogP contribution >= 0.6 is 0 Å². The van der Waals surface area contributed by atoms with Crippen LogP contribution in [0.2, 0.25) is 0 Å². The summed E-state index contributed by atoms with van der Waals surface area (Å²) in [5, 5.41) is 9.43. The van der Waals surface area contributed by atoms with Crippen LogP contribution in [0.25, 0.3) is 5.69 Å². The highest BCUT2D eigenvalue weighted by atomic mass is 16.2. The van der Waals surface area contributed by atoms with Crippen molar-refractivity contribution in [1.82, 2.24) is 19.7 Å². The maximum absolute atomic E-state index is 12.1. The van der Waals surface area contributed by atoms with Crippen LogP contribution in [-0.4, -0.2) is 26.2 Å². The van der Waals surface area contributed by atoms with Gasteiger partial charge in [0, 0.05) is 32.1 Å². The summed E-state index contributed by atoms with van der Waals surface area (Å²) in [5.74, 6) is -0.984. The van der Waals surface area contributed by atoms with Crippen LogP contribution in [0.15, 0.2) is 55.0 Å². The number of nitrogens with zero attached hydrogens (tertiary/aromatic N) is 3. The molecule has 7 nitrogen and oxygen atoms in total. The molecule has 2 N–H and O–H groups in total. The standard InChI is InChI=1S/C18H19N5O2/c1-13-5-3-4-6-15(13)23-16(7-9-20-23)21-18(25)17(24)19-11-14-8-10-22(2)12-14/h3-10,12H,11H2,1-2H3,(H,19,24)(H,21,25). The predicted molar refractivity (Wildman–Crippen MR) is 94.2 cm³/mol. The third-order valence-corrected chi connectivity index (χ3v) is 3.78. The minimum absolute atomic E-state index is 0.296. The Morgan fingerprint density at radius 2 is 1.92 bits per heavy atom. The summed E-state index contributed by atoms with van der Waals surface area (Å²) in [6, 6.07) is 11.2. The molecule has 2 heterocycles. The van der Waals surface area contributed by atoms with Gasteiger partial charge in [0.05, 0.1) is 11.9 Å². The molecule has 0 saturated carbocycles. The highest BCUT2D eigenvalue weighted by Crippen LogP contribution is 2.18. The number of para-hydroxylation sites is 1. The number of amides is 2. The van der Waals surface area contributed by atoms with Gasteiger partial charge in [0.15, 0.2) is 0 Å². The normalized spacial score (nSPS) is 10.5. The second kappa shape index (κ2) is 7.04. The Morgan fingerprint density at radius 1 is 1.12 bits per heavy atom. The molecule has 0 bridgehead atoms. The van der Waals surface area contributed by atoms with Crippen molar-refractivity contribution in [3.8, 4) is 5.69 Å². The zero-order valence-corrected chi connectivity index (χ0v) is 14.1. The second-order valence-electron chi connectivity index (χ2n) is 5.74. The Morgan fingerprint density at radius 3 is 2.64 bits per heavy atom. The number of nitrogens with one attached hydrogen (secondary N) is 2. The molecule has 25 heavy (non-hydrogen) atoms. The van der Waals surface area contributed by atoms with Crippen LogP contribution < -0.4 is 10.6 Å². The molecule has 0 unspecified atom stereocenters. The summed E-state index contributed by atoms with van der Waals surface area (Å²) in [7, 11) is 1.89. The van der Waals surface area contributed by atoms with E-state index in [0.29, 0.717) is 12.4 Å². The van der Waals surface area contributed by atoms with E-state index >= 15 is 0 Å². The molecule has 0 radical (unpaired) electrons. The molecule has 2 aromatic heterocycles. The molecule has 128 valence electrons. The Kier molecular flexibility index (Phi) is 4.65. The summed E-state index contributed by atoms with van der Waals surface area (Å²) in [4.78, 5) is 24.1. The van der Waals surface area contributed by atoms with E-state index in [0.717, 1.165) is 16.8 Å². The average Bonchev–Trinajstić information content (AvgIpc) is 3.22. The fourth-order valence-electron chi connectivity index (χ4n) is 2.49. The molecule has 0 aliphatic rings. The highest BCUT2D eigenvalue weighted by Gasteiger charge is 2.16. The van der Waals surface area contributed by atoms with Gasteiger partial charge in [-0.3, -0.25) is 9.59 Å². The summed E-state index contributed by atoms with van der Waals surface area (Å²) in [5.41, 5.74) is 2.77. The van der Waals surface area contributed by atoms with Gasteiger partial charge in [-0.15, -0.1) is 0 Å². The van der Waals surface area contributed by atoms with E-state index in [9.17, 15) is 9.59 Å². The lowest BCUT2D eigenvalue weighted by Gasteiger charge is -2.11. The summed E-state index contributed by atoms with van der Waals surface area (Å²) >= 11 is 0.